The van der Waals surface area contributed by atoms with E-state index >= 15 is 0 Å². The van der Waals surface area contributed by atoms with Gasteiger partial charge in [0, 0.05) is 62.5 Å². The Bertz CT molecular complexity index is 1400. The molecule has 1 unspecified atom stereocenters. The first-order chi connectivity index (χ1) is 18.2. The van der Waals surface area contributed by atoms with Crippen LogP contribution < -0.4 is 4.90 Å². The molecule has 0 spiro atoms. The highest BCUT2D eigenvalue weighted by Gasteiger charge is 2.36. The zero-order valence-corrected chi connectivity index (χ0v) is 21.3. The van der Waals surface area contributed by atoms with Crippen molar-refractivity contribution in [2.45, 2.75) is 12.5 Å². The summed E-state index contributed by atoms with van der Waals surface area (Å²) in [5.74, 6) is 0.158. The largest absolute Gasteiger partial charge is 0.334 e. The summed E-state index contributed by atoms with van der Waals surface area (Å²) in [4.78, 5) is 36.1. The van der Waals surface area contributed by atoms with Crippen LogP contribution in [0.4, 0.5) is 5.69 Å². The van der Waals surface area contributed by atoms with E-state index < -0.39 is 0 Å². The highest BCUT2D eigenvalue weighted by atomic mass is 32.1. The lowest BCUT2D eigenvalue weighted by Crippen LogP contribution is -2.52. The van der Waals surface area contributed by atoms with E-state index in [4.69, 9.17) is 0 Å². The number of carbonyl (C=O) groups excluding carboxylic acids is 2. The number of aromatic nitrogens is 1. The van der Waals surface area contributed by atoms with Crippen LogP contribution in [0.1, 0.15) is 16.2 Å². The van der Waals surface area contributed by atoms with E-state index in [9.17, 15) is 9.59 Å². The molecule has 3 heterocycles. The van der Waals surface area contributed by atoms with Gasteiger partial charge in [0.2, 0.25) is 5.91 Å². The normalized spacial score (nSPS) is 18.4. The van der Waals surface area contributed by atoms with Crippen LogP contribution in [-0.2, 0) is 4.79 Å². The number of nitrogens with zero attached hydrogens (tertiary/aromatic N) is 4. The van der Waals surface area contributed by atoms with E-state index in [0.717, 1.165) is 29.9 Å². The van der Waals surface area contributed by atoms with Crippen LogP contribution in [0.25, 0.3) is 22.3 Å². The highest BCUT2D eigenvalue weighted by molar-refractivity contribution is 7.11. The fourth-order valence-corrected chi connectivity index (χ4v) is 5.99. The Balaban J connectivity index is 1.16. The van der Waals surface area contributed by atoms with Crippen LogP contribution in [0.3, 0.4) is 0 Å². The number of hydrogen-bond acceptors (Lipinski definition) is 5. The van der Waals surface area contributed by atoms with Crippen LogP contribution in [0, 0.1) is 0 Å². The van der Waals surface area contributed by atoms with Crippen LogP contribution in [0.5, 0.6) is 0 Å². The summed E-state index contributed by atoms with van der Waals surface area (Å²) in [6.07, 6.45) is 2.17. The minimum absolute atomic E-state index is 0.00590. The zero-order valence-electron chi connectivity index (χ0n) is 20.5. The molecule has 0 saturated carbocycles. The fourth-order valence-electron chi connectivity index (χ4n) is 5.38. The summed E-state index contributed by atoms with van der Waals surface area (Å²) in [6, 6.07) is 27.3. The van der Waals surface area contributed by atoms with Gasteiger partial charge in [0.15, 0.2) is 5.01 Å². The maximum atomic E-state index is 13.1. The summed E-state index contributed by atoms with van der Waals surface area (Å²) in [5, 5.41) is 2.38. The van der Waals surface area contributed by atoms with Gasteiger partial charge < -0.3 is 9.80 Å². The van der Waals surface area contributed by atoms with Gasteiger partial charge in [-0.3, -0.25) is 14.5 Å². The molecule has 0 radical (unpaired) electrons. The first-order valence-corrected chi connectivity index (χ1v) is 13.5. The fraction of sp³-hybridized carbons (Fsp3) is 0.233. The van der Waals surface area contributed by atoms with Crippen LogP contribution in [0.15, 0.2) is 90.4 Å². The Morgan fingerprint density at radius 1 is 0.838 bits per heavy atom. The molecule has 3 aromatic carbocycles. The van der Waals surface area contributed by atoms with Gasteiger partial charge in [-0.1, -0.05) is 66.7 Å². The van der Waals surface area contributed by atoms with Crippen molar-refractivity contribution >= 4 is 28.8 Å². The van der Waals surface area contributed by atoms with Crippen molar-refractivity contribution in [1.82, 2.24) is 14.8 Å². The Morgan fingerprint density at radius 2 is 1.54 bits per heavy atom. The van der Waals surface area contributed by atoms with Crippen molar-refractivity contribution in [3.63, 3.8) is 0 Å². The van der Waals surface area contributed by atoms with Crippen molar-refractivity contribution in [2.75, 3.05) is 37.6 Å². The average molecular weight is 509 g/mol. The smallest absolute Gasteiger partial charge is 0.282 e. The maximum Gasteiger partial charge on any atom is 0.282 e. The van der Waals surface area contributed by atoms with Crippen molar-refractivity contribution in [3.05, 3.63) is 95.4 Å². The molecule has 0 N–H and O–H groups in total. The molecule has 2 aliphatic rings. The molecule has 2 fully saturated rings. The molecule has 6 rings (SSSR count). The van der Waals surface area contributed by atoms with Crippen molar-refractivity contribution in [2.24, 2.45) is 0 Å². The van der Waals surface area contributed by atoms with E-state index in [2.05, 4.69) is 70.5 Å². The predicted octanol–water partition coefficient (Wildman–Crippen LogP) is 5.04. The lowest BCUT2D eigenvalue weighted by Gasteiger charge is -2.37. The number of hydrogen-bond donors (Lipinski definition) is 0. The first kappa shape index (κ1) is 23.6. The van der Waals surface area contributed by atoms with Crippen LogP contribution >= 0.6 is 11.3 Å². The second kappa shape index (κ2) is 10.3. The summed E-state index contributed by atoms with van der Waals surface area (Å²) < 4.78 is 0. The standard InChI is InChI=1S/C30H28N4O2S/c35-28-20-25(32-14-16-33(17-15-32)30(36)29-31-13-18-37-29)21-34(28)24-10-6-9-23(19-24)27-12-5-4-11-26(27)22-7-2-1-3-8-22/h1-13,18-19,25H,14-17,20-21H2. The summed E-state index contributed by atoms with van der Waals surface area (Å²) >= 11 is 1.38. The van der Waals surface area contributed by atoms with Crippen molar-refractivity contribution in [1.29, 1.82) is 0 Å². The van der Waals surface area contributed by atoms with Gasteiger partial charge in [-0.2, -0.15) is 0 Å². The SMILES string of the molecule is O=C(c1nccs1)N1CCN(C2CC(=O)N(c3cccc(-c4ccccc4-c4ccccc4)c3)C2)CC1. The van der Waals surface area contributed by atoms with Crippen LogP contribution in [-0.4, -0.2) is 65.4 Å². The minimum Gasteiger partial charge on any atom is -0.334 e. The lowest BCUT2D eigenvalue weighted by atomic mass is 9.94. The highest BCUT2D eigenvalue weighted by Crippen LogP contribution is 2.35. The second-order valence-corrected chi connectivity index (χ2v) is 10.4. The van der Waals surface area contributed by atoms with Gasteiger partial charge in [0.25, 0.3) is 5.91 Å². The molecule has 7 heteroatoms. The number of amides is 2. The molecule has 186 valence electrons. The van der Waals surface area contributed by atoms with Crippen molar-refractivity contribution in [3.8, 4) is 22.3 Å². The Kier molecular flexibility index (Phi) is 6.55. The van der Waals surface area contributed by atoms with E-state index in [0.29, 0.717) is 31.1 Å². The van der Waals surface area contributed by atoms with Gasteiger partial charge in [-0.25, -0.2) is 4.98 Å². The second-order valence-electron chi connectivity index (χ2n) is 9.49. The third kappa shape index (κ3) is 4.80. The minimum atomic E-state index is 0.00590. The van der Waals surface area contributed by atoms with E-state index in [1.807, 2.05) is 33.4 Å². The third-order valence-electron chi connectivity index (χ3n) is 7.32. The summed E-state index contributed by atoms with van der Waals surface area (Å²) in [5.41, 5.74) is 5.54. The molecule has 37 heavy (non-hydrogen) atoms. The molecule has 1 atom stereocenters. The molecular weight excluding hydrogens is 480 g/mol. The Labute approximate surface area is 220 Å². The summed E-state index contributed by atoms with van der Waals surface area (Å²) in [7, 11) is 0. The quantitative estimate of drug-likeness (QED) is 0.379. The Hall–Kier alpha value is -3.81. The molecule has 2 amide bonds. The number of benzene rings is 3. The average Bonchev–Trinajstić information content (AvgIpc) is 3.64. The molecule has 0 aliphatic carbocycles. The van der Waals surface area contributed by atoms with Gasteiger partial charge in [0.1, 0.15) is 0 Å². The van der Waals surface area contributed by atoms with Gasteiger partial charge in [-0.05, 0) is 34.4 Å². The number of thiazole rings is 1. The topological polar surface area (TPSA) is 56.8 Å². The van der Waals surface area contributed by atoms with Crippen molar-refractivity contribution < 1.29 is 9.59 Å². The molecule has 6 nitrogen and oxygen atoms in total. The molecule has 1 aromatic heterocycles. The molecule has 2 saturated heterocycles. The van der Waals surface area contributed by atoms with Gasteiger partial charge >= 0.3 is 0 Å². The van der Waals surface area contributed by atoms with E-state index in [1.165, 1.54) is 22.5 Å². The molecule has 0 bridgehead atoms. The molecular formula is C30H28N4O2S. The Morgan fingerprint density at radius 3 is 2.27 bits per heavy atom. The van der Waals surface area contributed by atoms with Gasteiger partial charge in [0.05, 0.1) is 0 Å². The monoisotopic (exact) mass is 508 g/mol. The van der Waals surface area contributed by atoms with Gasteiger partial charge in [-0.15, -0.1) is 11.3 Å². The van der Waals surface area contributed by atoms with Crippen LogP contribution in [0.2, 0.25) is 0 Å². The number of rotatable bonds is 5. The van der Waals surface area contributed by atoms with E-state index in [-0.39, 0.29) is 17.9 Å². The number of anilines is 1. The number of carbonyl (C=O) groups is 2. The maximum absolute atomic E-state index is 13.1. The summed E-state index contributed by atoms with van der Waals surface area (Å²) in [6.45, 7) is 3.54. The number of piperazine rings is 1. The zero-order chi connectivity index (χ0) is 25.2. The predicted molar refractivity (Wildman–Crippen MR) is 148 cm³/mol. The first-order valence-electron chi connectivity index (χ1n) is 12.7. The third-order valence-corrected chi connectivity index (χ3v) is 8.08. The van der Waals surface area contributed by atoms with E-state index in [1.54, 1.807) is 6.20 Å². The molecule has 2 aliphatic heterocycles. The lowest BCUT2D eigenvalue weighted by molar-refractivity contribution is -0.117. The molecule has 4 aromatic rings.